The molecule has 122 valence electrons. The van der Waals surface area contributed by atoms with Gasteiger partial charge < -0.3 is 4.74 Å². The number of aromatic nitrogens is 1. The van der Waals surface area contributed by atoms with E-state index >= 15 is 0 Å². The van der Waals surface area contributed by atoms with Crippen molar-refractivity contribution in [2.75, 3.05) is 6.61 Å². The summed E-state index contributed by atoms with van der Waals surface area (Å²) in [7, 11) is 0. The fourth-order valence-electron chi connectivity index (χ4n) is 2.37. The smallest absolute Gasteiger partial charge is 0.350 e. The van der Waals surface area contributed by atoms with Crippen molar-refractivity contribution in [3.05, 3.63) is 39.9 Å². The quantitative estimate of drug-likeness (QED) is 0.585. The summed E-state index contributed by atoms with van der Waals surface area (Å²) in [4.78, 5) is 28.2. The summed E-state index contributed by atoms with van der Waals surface area (Å²) < 4.78 is 5.04. The number of carbonyl (C=O) groups is 2. The van der Waals surface area contributed by atoms with Gasteiger partial charge in [-0.15, -0.1) is 11.3 Å². The minimum atomic E-state index is -0.346. The molecule has 0 aliphatic carbocycles. The van der Waals surface area contributed by atoms with Crippen molar-refractivity contribution in [2.24, 2.45) is 5.92 Å². The Hall–Kier alpha value is -2.01. The molecule has 1 aromatic heterocycles. The first-order valence-corrected chi connectivity index (χ1v) is 8.50. The van der Waals surface area contributed by atoms with Crippen LogP contribution in [0.2, 0.25) is 0 Å². The molecule has 4 nitrogen and oxygen atoms in total. The predicted molar refractivity (Wildman–Crippen MR) is 92.2 cm³/mol. The first kappa shape index (κ1) is 17.3. The third-order valence-electron chi connectivity index (χ3n) is 3.41. The second kappa shape index (κ2) is 7.51. The average molecular weight is 331 g/mol. The normalized spacial score (nSPS) is 10.8. The van der Waals surface area contributed by atoms with Crippen LogP contribution in [0.5, 0.6) is 0 Å². The van der Waals surface area contributed by atoms with E-state index in [9.17, 15) is 9.59 Å². The van der Waals surface area contributed by atoms with Crippen molar-refractivity contribution in [1.82, 2.24) is 4.98 Å². The lowest BCUT2D eigenvalue weighted by atomic mass is 9.97. The molecular formula is C18H21NO3S. The van der Waals surface area contributed by atoms with Gasteiger partial charge >= 0.3 is 5.97 Å². The van der Waals surface area contributed by atoms with Gasteiger partial charge in [-0.3, -0.25) is 4.79 Å². The molecule has 0 aliphatic heterocycles. The van der Waals surface area contributed by atoms with E-state index in [0.29, 0.717) is 28.7 Å². The van der Waals surface area contributed by atoms with Gasteiger partial charge in [0.2, 0.25) is 0 Å². The minimum Gasteiger partial charge on any atom is -0.462 e. The molecule has 0 bridgehead atoms. The molecule has 5 heteroatoms. The van der Waals surface area contributed by atoms with Crippen molar-refractivity contribution in [3.63, 3.8) is 0 Å². The molecule has 1 heterocycles. The summed E-state index contributed by atoms with van der Waals surface area (Å²) >= 11 is 1.30. The molecule has 1 aromatic carbocycles. The van der Waals surface area contributed by atoms with Crippen molar-refractivity contribution >= 4 is 23.6 Å². The number of benzene rings is 1. The zero-order chi connectivity index (χ0) is 17.0. The van der Waals surface area contributed by atoms with E-state index in [-0.39, 0.29) is 5.97 Å². The summed E-state index contributed by atoms with van der Waals surface area (Å²) in [5, 5.41) is 0.727. The monoisotopic (exact) mass is 331 g/mol. The maximum absolute atomic E-state index is 11.9. The standard InChI is InChI=1S/C18H21NO3S/c1-5-22-18(21)16-12(4)19-17(23-16)14-7-6-13(8-11(2)3)15(9-14)10-20/h6-7,9-11H,5,8H2,1-4H3. The van der Waals surface area contributed by atoms with Crippen molar-refractivity contribution in [2.45, 2.75) is 34.1 Å². The number of aryl methyl sites for hydroxylation is 1. The first-order valence-electron chi connectivity index (χ1n) is 7.69. The van der Waals surface area contributed by atoms with E-state index in [0.717, 1.165) is 28.8 Å². The van der Waals surface area contributed by atoms with Gasteiger partial charge in [-0.05, 0) is 37.8 Å². The van der Waals surface area contributed by atoms with Gasteiger partial charge in [0.1, 0.15) is 16.2 Å². The summed E-state index contributed by atoms with van der Waals surface area (Å²) in [5.41, 5.74) is 3.23. The van der Waals surface area contributed by atoms with Crippen LogP contribution in [-0.4, -0.2) is 23.8 Å². The number of rotatable bonds is 6. The van der Waals surface area contributed by atoms with Crippen LogP contribution in [0, 0.1) is 12.8 Å². The number of hydrogen-bond donors (Lipinski definition) is 0. The Morgan fingerprint density at radius 2 is 2.13 bits per heavy atom. The van der Waals surface area contributed by atoms with Gasteiger partial charge in [-0.25, -0.2) is 9.78 Å². The lowest BCUT2D eigenvalue weighted by Crippen LogP contribution is -2.03. The largest absolute Gasteiger partial charge is 0.462 e. The second-order valence-corrected chi connectivity index (χ2v) is 6.78. The van der Waals surface area contributed by atoms with Crippen LogP contribution in [-0.2, 0) is 11.2 Å². The van der Waals surface area contributed by atoms with Gasteiger partial charge in [0.25, 0.3) is 0 Å². The third-order valence-corrected chi connectivity index (χ3v) is 4.59. The van der Waals surface area contributed by atoms with Crippen LogP contribution in [0.25, 0.3) is 10.6 Å². The molecule has 0 spiro atoms. The van der Waals surface area contributed by atoms with Gasteiger partial charge in [-0.1, -0.05) is 26.0 Å². The highest BCUT2D eigenvalue weighted by atomic mass is 32.1. The van der Waals surface area contributed by atoms with Crippen molar-refractivity contribution in [3.8, 4) is 10.6 Å². The second-order valence-electron chi connectivity index (χ2n) is 5.78. The fraction of sp³-hybridized carbons (Fsp3) is 0.389. The maximum atomic E-state index is 11.9. The zero-order valence-electron chi connectivity index (χ0n) is 13.9. The number of ether oxygens (including phenoxy) is 1. The van der Waals surface area contributed by atoms with E-state index in [1.54, 1.807) is 13.8 Å². The Morgan fingerprint density at radius 1 is 1.39 bits per heavy atom. The number of aldehydes is 1. The molecule has 0 aliphatic rings. The highest BCUT2D eigenvalue weighted by Gasteiger charge is 2.17. The molecule has 2 aromatic rings. The number of esters is 1. The molecule has 0 saturated heterocycles. The Balaban J connectivity index is 2.37. The Morgan fingerprint density at radius 3 is 2.74 bits per heavy atom. The predicted octanol–water partition coefficient (Wildman–Crippen LogP) is 4.31. The van der Waals surface area contributed by atoms with Gasteiger partial charge in [-0.2, -0.15) is 0 Å². The van der Waals surface area contributed by atoms with E-state index in [2.05, 4.69) is 18.8 Å². The van der Waals surface area contributed by atoms with Crippen LogP contribution < -0.4 is 0 Å². The Bertz CT molecular complexity index is 719. The molecule has 0 fully saturated rings. The Kier molecular flexibility index (Phi) is 5.66. The molecule has 0 radical (unpaired) electrons. The minimum absolute atomic E-state index is 0.338. The topological polar surface area (TPSA) is 56.3 Å². The van der Waals surface area contributed by atoms with Crippen LogP contribution in [0.15, 0.2) is 18.2 Å². The summed E-state index contributed by atoms with van der Waals surface area (Å²) in [6.07, 6.45) is 1.74. The molecular weight excluding hydrogens is 310 g/mol. The van der Waals surface area contributed by atoms with Crippen LogP contribution in [0.4, 0.5) is 0 Å². The first-order chi connectivity index (χ1) is 11.0. The molecule has 23 heavy (non-hydrogen) atoms. The average Bonchev–Trinajstić information content (AvgIpc) is 2.89. The lowest BCUT2D eigenvalue weighted by Gasteiger charge is -2.09. The van der Waals surface area contributed by atoms with Gasteiger partial charge in [0.05, 0.1) is 12.3 Å². The van der Waals surface area contributed by atoms with Crippen LogP contribution in [0.3, 0.4) is 0 Å². The van der Waals surface area contributed by atoms with Gasteiger partial charge in [0.15, 0.2) is 0 Å². The van der Waals surface area contributed by atoms with E-state index in [1.165, 1.54) is 11.3 Å². The van der Waals surface area contributed by atoms with Crippen LogP contribution >= 0.6 is 11.3 Å². The van der Waals surface area contributed by atoms with Crippen molar-refractivity contribution < 1.29 is 14.3 Å². The molecule has 0 atom stereocenters. The molecule has 0 N–H and O–H groups in total. The van der Waals surface area contributed by atoms with Gasteiger partial charge in [0, 0.05) is 11.1 Å². The number of carbonyl (C=O) groups excluding carboxylic acids is 2. The summed E-state index contributed by atoms with van der Waals surface area (Å²) in [6, 6.07) is 5.77. The molecule has 0 unspecified atom stereocenters. The zero-order valence-corrected chi connectivity index (χ0v) is 14.7. The van der Waals surface area contributed by atoms with E-state index < -0.39 is 0 Å². The lowest BCUT2D eigenvalue weighted by molar-refractivity contribution is 0.0531. The highest BCUT2D eigenvalue weighted by Crippen LogP contribution is 2.30. The van der Waals surface area contributed by atoms with Crippen molar-refractivity contribution in [1.29, 1.82) is 0 Å². The molecule has 0 saturated carbocycles. The number of hydrogen-bond acceptors (Lipinski definition) is 5. The summed E-state index contributed by atoms with van der Waals surface area (Å²) in [5.74, 6) is 0.137. The molecule has 2 rings (SSSR count). The number of nitrogens with zero attached hydrogens (tertiary/aromatic N) is 1. The van der Waals surface area contributed by atoms with E-state index in [4.69, 9.17) is 4.74 Å². The number of thiazole rings is 1. The summed E-state index contributed by atoms with van der Waals surface area (Å²) in [6.45, 7) is 8.15. The third kappa shape index (κ3) is 4.05. The fourth-order valence-corrected chi connectivity index (χ4v) is 3.33. The SMILES string of the molecule is CCOC(=O)c1sc(-c2ccc(CC(C)C)c(C=O)c2)nc1C. The van der Waals surface area contributed by atoms with E-state index in [1.807, 2.05) is 18.2 Å². The highest BCUT2D eigenvalue weighted by molar-refractivity contribution is 7.17. The van der Waals surface area contributed by atoms with Crippen LogP contribution in [0.1, 0.15) is 52.1 Å². The maximum Gasteiger partial charge on any atom is 0.350 e. The molecule has 0 amide bonds. The Labute approximate surface area is 140 Å².